The van der Waals surface area contributed by atoms with Crippen molar-refractivity contribution < 1.29 is 9.84 Å². The van der Waals surface area contributed by atoms with Crippen LogP contribution in [0.25, 0.3) is 0 Å². The van der Waals surface area contributed by atoms with E-state index in [0.717, 1.165) is 12.1 Å². The van der Waals surface area contributed by atoms with Gasteiger partial charge in [0.05, 0.1) is 12.3 Å². The molecule has 1 unspecified atom stereocenters. The summed E-state index contributed by atoms with van der Waals surface area (Å²) < 4.78 is 6.98. The fourth-order valence-electron chi connectivity index (χ4n) is 1.23. The van der Waals surface area contributed by atoms with Gasteiger partial charge in [0.1, 0.15) is 0 Å². The van der Waals surface area contributed by atoms with Crippen molar-refractivity contribution in [2.45, 2.75) is 32.9 Å². The summed E-state index contributed by atoms with van der Waals surface area (Å²) in [6.45, 7) is 6.08. The molecule has 0 aromatic carbocycles. The maximum atomic E-state index is 9.72. The zero-order valence-electron chi connectivity index (χ0n) is 8.81. The summed E-state index contributed by atoms with van der Waals surface area (Å²) >= 11 is 0. The van der Waals surface area contributed by atoms with E-state index >= 15 is 0 Å². The third kappa shape index (κ3) is 3.12. The highest BCUT2D eigenvalue weighted by molar-refractivity contribution is 5.07. The van der Waals surface area contributed by atoms with Crippen LogP contribution >= 0.6 is 0 Å². The molecule has 1 aromatic heterocycles. The Hall–Kier alpha value is -0.870. The normalized spacial score (nSPS) is 13.1. The zero-order valence-corrected chi connectivity index (χ0v) is 8.81. The highest BCUT2D eigenvalue weighted by Crippen LogP contribution is 2.15. The molecule has 0 saturated carbocycles. The van der Waals surface area contributed by atoms with Gasteiger partial charge in [-0.05, 0) is 13.8 Å². The zero-order chi connectivity index (χ0) is 10.4. The summed E-state index contributed by atoms with van der Waals surface area (Å²) in [4.78, 5) is 0. The second-order valence-electron chi connectivity index (χ2n) is 3.13. The van der Waals surface area contributed by atoms with E-state index < -0.39 is 6.10 Å². The number of hydrogen-bond acceptors (Lipinski definition) is 3. The summed E-state index contributed by atoms with van der Waals surface area (Å²) in [7, 11) is 0. The maximum absolute atomic E-state index is 9.72. The maximum Gasteiger partial charge on any atom is 0.0842 e. The minimum absolute atomic E-state index is 0.457. The lowest BCUT2D eigenvalue weighted by atomic mass is 10.1. The quantitative estimate of drug-likeness (QED) is 0.702. The Kier molecular flexibility index (Phi) is 4.62. The summed E-state index contributed by atoms with van der Waals surface area (Å²) in [6.07, 6.45) is 3.75. The second-order valence-corrected chi connectivity index (χ2v) is 3.13. The van der Waals surface area contributed by atoms with Gasteiger partial charge in [-0.15, -0.1) is 0 Å². The molecule has 0 aliphatic carbocycles. The van der Waals surface area contributed by atoms with E-state index in [9.17, 15) is 5.11 Å². The Balaban J connectivity index is 2.39. The van der Waals surface area contributed by atoms with Gasteiger partial charge in [-0.1, -0.05) is 0 Å². The molecule has 0 aliphatic rings. The van der Waals surface area contributed by atoms with Crippen LogP contribution in [0.5, 0.6) is 0 Å². The monoisotopic (exact) mass is 198 g/mol. The van der Waals surface area contributed by atoms with E-state index in [4.69, 9.17) is 4.74 Å². The van der Waals surface area contributed by atoms with E-state index in [-0.39, 0.29) is 0 Å². The van der Waals surface area contributed by atoms with Gasteiger partial charge in [0.2, 0.25) is 0 Å². The Bertz CT molecular complexity index is 260. The third-order valence-electron chi connectivity index (χ3n) is 2.10. The summed E-state index contributed by atoms with van der Waals surface area (Å²) in [6, 6.07) is 0. The molecule has 0 spiro atoms. The van der Waals surface area contributed by atoms with Crippen LogP contribution < -0.4 is 0 Å². The van der Waals surface area contributed by atoms with E-state index in [1.807, 2.05) is 20.0 Å². The lowest BCUT2D eigenvalue weighted by molar-refractivity contribution is 0.0886. The van der Waals surface area contributed by atoms with Gasteiger partial charge in [-0.25, -0.2) is 0 Å². The average molecular weight is 198 g/mol. The van der Waals surface area contributed by atoms with Crippen molar-refractivity contribution in [3.05, 3.63) is 18.0 Å². The first-order chi connectivity index (χ1) is 6.77. The van der Waals surface area contributed by atoms with Crippen LogP contribution in [0.15, 0.2) is 12.4 Å². The number of aliphatic hydroxyl groups is 1. The van der Waals surface area contributed by atoms with Crippen molar-refractivity contribution in [2.24, 2.45) is 0 Å². The molecule has 14 heavy (non-hydrogen) atoms. The number of aromatic nitrogens is 2. The van der Waals surface area contributed by atoms with Crippen molar-refractivity contribution in [3.63, 3.8) is 0 Å². The van der Waals surface area contributed by atoms with Crippen LogP contribution in [0, 0.1) is 0 Å². The molecule has 4 heteroatoms. The molecule has 4 nitrogen and oxygen atoms in total. The van der Waals surface area contributed by atoms with Crippen molar-refractivity contribution in [1.29, 1.82) is 0 Å². The predicted octanol–water partition coefficient (Wildman–Crippen LogP) is 1.36. The predicted molar refractivity (Wildman–Crippen MR) is 54.0 cm³/mol. The summed E-state index contributed by atoms with van der Waals surface area (Å²) in [5.74, 6) is 0. The molecule has 0 fully saturated rings. The van der Waals surface area contributed by atoms with Crippen LogP contribution in [0.3, 0.4) is 0 Å². The fourth-order valence-corrected chi connectivity index (χ4v) is 1.23. The topological polar surface area (TPSA) is 47.3 Å². The molecule has 0 bridgehead atoms. The Labute approximate surface area is 84.5 Å². The SMILES string of the molecule is CCOCCC(O)c1cnn(CC)c1. The number of aliphatic hydroxyl groups excluding tert-OH is 1. The Morgan fingerprint density at radius 2 is 2.36 bits per heavy atom. The molecular weight excluding hydrogens is 180 g/mol. The highest BCUT2D eigenvalue weighted by Gasteiger charge is 2.09. The van der Waals surface area contributed by atoms with E-state index in [2.05, 4.69) is 5.10 Å². The van der Waals surface area contributed by atoms with E-state index in [0.29, 0.717) is 19.6 Å². The molecule has 0 saturated heterocycles. The number of hydrogen-bond donors (Lipinski definition) is 1. The van der Waals surface area contributed by atoms with Gasteiger partial charge in [-0.2, -0.15) is 5.10 Å². The van der Waals surface area contributed by atoms with Gasteiger partial charge in [0.15, 0.2) is 0 Å². The fraction of sp³-hybridized carbons (Fsp3) is 0.700. The number of nitrogens with zero attached hydrogens (tertiary/aromatic N) is 2. The van der Waals surface area contributed by atoms with Crippen LogP contribution in [0.2, 0.25) is 0 Å². The molecule has 1 atom stereocenters. The van der Waals surface area contributed by atoms with Crippen LogP contribution in [-0.4, -0.2) is 28.1 Å². The van der Waals surface area contributed by atoms with Gasteiger partial charge in [0.25, 0.3) is 0 Å². The average Bonchev–Trinajstić information content (AvgIpc) is 2.66. The first-order valence-corrected chi connectivity index (χ1v) is 5.06. The van der Waals surface area contributed by atoms with Crippen LogP contribution in [-0.2, 0) is 11.3 Å². The van der Waals surface area contributed by atoms with Crippen molar-refractivity contribution in [2.75, 3.05) is 13.2 Å². The Morgan fingerprint density at radius 3 is 2.93 bits per heavy atom. The molecule has 1 rings (SSSR count). The molecule has 1 aromatic rings. The first-order valence-electron chi connectivity index (χ1n) is 5.06. The minimum Gasteiger partial charge on any atom is -0.388 e. The van der Waals surface area contributed by atoms with Crippen molar-refractivity contribution >= 4 is 0 Å². The highest BCUT2D eigenvalue weighted by atomic mass is 16.5. The van der Waals surface area contributed by atoms with E-state index in [1.54, 1.807) is 10.9 Å². The van der Waals surface area contributed by atoms with Gasteiger partial charge >= 0.3 is 0 Å². The summed E-state index contributed by atoms with van der Waals surface area (Å²) in [5, 5.41) is 13.8. The number of ether oxygens (including phenoxy) is 1. The standard InChI is InChI=1S/C10H18N2O2/c1-3-12-8-9(7-11-12)10(13)5-6-14-4-2/h7-8,10,13H,3-6H2,1-2H3. The van der Waals surface area contributed by atoms with E-state index in [1.165, 1.54) is 0 Å². The largest absolute Gasteiger partial charge is 0.388 e. The first kappa shape index (κ1) is 11.2. The lowest BCUT2D eigenvalue weighted by Gasteiger charge is -2.07. The van der Waals surface area contributed by atoms with Crippen molar-refractivity contribution in [3.8, 4) is 0 Å². The Morgan fingerprint density at radius 1 is 1.57 bits per heavy atom. The summed E-state index contributed by atoms with van der Waals surface area (Å²) in [5.41, 5.74) is 0.867. The second kappa shape index (κ2) is 5.78. The molecule has 0 aliphatic heterocycles. The van der Waals surface area contributed by atoms with Crippen LogP contribution in [0.4, 0.5) is 0 Å². The number of aryl methyl sites for hydroxylation is 1. The van der Waals surface area contributed by atoms with Gasteiger partial charge in [0, 0.05) is 37.9 Å². The minimum atomic E-state index is -0.457. The lowest BCUT2D eigenvalue weighted by Crippen LogP contribution is -2.02. The molecule has 0 radical (unpaired) electrons. The molecule has 80 valence electrons. The molecular formula is C10H18N2O2. The van der Waals surface area contributed by atoms with Gasteiger partial charge < -0.3 is 9.84 Å². The third-order valence-corrected chi connectivity index (χ3v) is 2.10. The van der Waals surface area contributed by atoms with Crippen LogP contribution in [0.1, 0.15) is 31.9 Å². The molecule has 1 heterocycles. The van der Waals surface area contributed by atoms with Crippen molar-refractivity contribution in [1.82, 2.24) is 9.78 Å². The molecule has 0 amide bonds. The van der Waals surface area contributed by atoms with Gasteiger partial charge in [-0.3, -0.25) is 4.68 Å². The smallest absolute Gasteiger partial charge is 0.0842 e. The molecule has 1 N–H and O–H groups in total. The number of rotatable bonds is 6.